The molecule has 4 atom stereocenters. The van der Waals surface area contributed by atoms with Crippen LogP contribution in [-0.4, -0.2) is 57.0 Å². The van der Waals surface area contributed by atoms with E-state index in [-0.39, 0.29) is 87.3 Å². The van der Waals surface area contributed by atoms with Gasteiger partial charge in [-0.3, -0.25) is 19.2 Å². The molecule has 6 rings (SSSR count). The van der Waals surface area contributed by atoms with E-state index < -0.39 is 11.8 Å². The van der Waals surface area contributed by atoms with E-state index in [9.17, 15) is 19.2 Å². The Kier molecular flexibility index (Phi) is 13.8. The van der Waals surface area contributed by atoms with Crippen molar-refractivity contribution in [2.75, 3.05) is 34.5 Å². The van der Waals surface area contributed by atoms with Crippen LogP contribution in [0.15, 0.2) is 73.1 Å². The molecule has 0 bridgehead atoms. The second-order valence-electron chi connectivity index (χ2n) is 11.5. The fourth-order valence-corrected chi connectivity index (χ4v) is 6.09. The highest BCUT2D eigenvalue weighted by atomic mass is 35.5. The molecule has 0 saturated heterocycles. The SMILES string of the molecule is C.O=C(Nc1ccnc(NC(=O)[C@@H]2C[C@@H]2CO)c1)c1c(Cl)cccc1Cl.O=C(Nc1ccnc(NC(=O)[C@H]2C[C@H]2CO)c1)c1c(Cl)cccc1Cl. The molecular formula is C35H34Cl4N6O6. The van der Waals surface area contributed by atoms with Gasteiger partial charge in [-0.1, -0.05) is 66.0 Å². The van der Waals surface area contributed by atoms with Crippen LogP contribution >= 0.6 is 46.4 Å². The van der Waals surface area contributed by atoms with Gasteiger partial charge in [0, 0.05) is 61.0 Å². The van der Waals surface area contributed by atoms with E-state index in [1.54, 1.807) is 48.5 Å². The lowest BCUT2D eigenvalue weighted by Gasteiger charge is -2.10. The van der Waals surface area contributed by atoms with Crippen molar-refractivity contribution in [3.05, 3.63) is 104 Å². The fourth-order valence-electron chi connectivity index (χ4n) is 4.95. The summed E-state index contributed by atoms with van der Waals surface area (Å²) in [5, 5.41) is 29.8. The Bertz CT molecular complexity index is 1750. The number of amides is 4. The summed E-state index contributed by atoms with van der Waals surface area (Å²) in [6.07, 6.45) is 4.28. The van der Waals surface area contributed by atoms with Crippen LogP contribution in [0.1, 0.15) is 41.0 Å². The zero-order valence-corrected chi connectivity index (χ0v) is 29.0. The van der Waals surface area contributed by atoms with Gasteiger partial charge >= 0.3 is 0 Å². The van der Waals surface area contributed by atoms with Gasteiger partial charge in [0.05, 0.1) is 31.2 Å². The minimum absolute atomic E-state index is 0. The maximum atomic E-state index is 12.4. The lowest BCUT2D eigenvalue weighted by Crippen LogP contribution is -2.17. The summed E-state index contributed by atoms with van der Waals surface area (Å²) >= 11 is 24.1. The van der Waals surface area contributed by atoms with Gasteiger partial charge in [0.1, 0.15) is 11.6 Å². The number of hydrogen-bond acceptors (Lipinski definition) is 8. The summed E-state index contributed by atoms with van der Waals surface area (Å²) < 4.78 is 0. The van der Waals surface area contributed by atoms with Crippen LogP contribution < -0.4 is 21.3 Å². The van der Waals surface area contributed by atoms with E-state index in [0.717, 1.165) is 0 Å². The third-order valence-corrected chi connectivity index (χ3v) is 9.17. The second-order valence-corrected chi connectivity index (χ2v) is 13.1. The molecule has 268 valence electrons. The van der Waals surface area contributed by atoms with Gasteiger partial charge in [-0.25, -0.2) is 9.97 Å². The van der Waals surface area contributed by atoms with Crippen molar-refractivity contribution in [1.82, 2.24) is 9.97 Å². The molecule has 2 heterocycles. The number of hydrogen-bond donors (Lipinski definition) is 6. The van der Waals surface area contributed by atoms with Crippen LogP contribution in [-0.2, 0) is 9.59 Å². The van der Waals surface area contributed by atoms with Gasteiger partial charge in [-0.2, -0.15) is 0 Å². The van der Waals surface area contributed by atoms with Crippen molar-refractivity contribution in [1.29, 1.82) is 0 Å². The summed E-state index contributed by atoms with van der Waals surface area (Å²) in [4.78, 5) is 56.9. The summed E-state index contributed by atoms with van der Waals surface area (Å²) in [5.41, 5.74) is 1.25. The standard InChI is InChI=1S/2C17H15Cl2N3O3.CH4/c2*18-12-2-1-3-13(19)15(12)17(25)21-10-4-5-20-14(7-10)22-16(24)11-6-9(11)8-23;/h2*1-5,7,9,11,23H,6,8H2,(H2,20,21,22,24,25);1H4/t2*9-,11-;/m10./s1. The average molecular weight is 777 g/mol. The number of carbonyl (C=O) groups excluding carboxylic acids is 4. The maximum Gasteiger partial charge on any atom is 0.258 e. The number of benzene rings is 2. The molecule has 0 spiro atoms. The number of aromatic nitrogens is 2. The first kappa shape index (κ1) is 39.5. The molecule has 2 aromatic heterocycles. The molecule has 0 aliphatic heterocycles. The van der Waals surface area contributed by atoms with E-state index >= 15 is 0 Å². The van der Waals surface area contributed by atoms with E-state index in [4.69, 9.17) is 56.6 Å². The highest BCUT2D eigenvalue weighted by molar-refractivity contribution is 6.41. The average Bonchev–Trinajstić information content (AvgIpc) is 4.00. The highest BCUT2D eigenvalue weighted by Gasteiger charge is 2.43. The van der Waals surface area contributed by atoms with Crippen LogP contribution in [0.25, 0.3) is 0 Å². The molecule has 4 amide bonds. The number of nitrogens with zero attached hydrogens (tertiary/aromatic N) is 2. The van der Waals surface area contributed by atoms with Crippen LogP contribution in [0.2, 0.25) is 20.1 Å². The number of aliphatic hydroxyl groups is 2. The first-order chi connectivity index (χ1) is 24.0. The molecule has 12 nitrogen and oxygen atoms in total. The molecule has 4 aromatic rings. The van der Waals surface area contributed by atoms with Gasteiger partial charge in [0.15, 0.2) is 0 Å². The van der Waals surface area contributed by atoms with E-state index in [0.29, 0.717) is 35.9 Å². The lowest BCUT2D eigenvalue weighted by atomic mass is 10.2. The summed E-state index contributed by atoms with van der Waals surface area (Å²) in [7, 11) is 0. The van der Waals surface area contributed by atoms with Crippen molar-refractivity contribution < 1.29 is 29.4 Å². The largest absolute Gasteiger partial charge is 0.396 e. The minimum atomic E-state index is -0.457. The second kappa shape index (κ2) is 17.8. The molecule has 2 aliphatic carbocycles. The van der Waals surface area contributed by atoms with Crippen LogP contribution in [0.5, 0.6) is 0 Å². The Morgan fingerprint density at radius 2 is 0.961 bits per heavy atom. The Morgan fingerprint density at radius 3 is 1.27 bits per heavy atom. The molecule has 2 aromatic carbocycles. The first-order valence-electron chi connectivity index (χ1n) is 15.2. The number of pyridine rings is 2. The molecule has 6 N–H and O–H groups in total. The summed E-state index contributed by atoms with van der Waals surface area (Å²) in [5.74, 6) is -1.00. The molecule has 0 radical (unpaired) electrons. The first-order valence-corrected chi connectivity index (χ1v) is 16.8. The predicted molar refractivity (Wildman–Crippen MR) is 199 cm³/mol. The third-order valence-electron chi connectivity index (χ3n) is 7.91. The number of rotatable bonds is 10. The highest BCUT2D eigenvalue weighted by Crippen LogP contribution is 2.39. The normalized spacial score (nSPS) is 18.2. The zero-order chi connectivity index (χ0) is 35.9. The van der Waals surface area contributed by atoms with Gasteiger partial charge in [0.2, 0.25) is 11.8 Å². The number of nitrogens with one attached hydrogen (secondary N) is 4. The number of carbonyl (C=O) groups is 4. The summed E-state index contributed by atoms with van der Waals surface area (Å²) in [6, 6.07) is 15.9. The van der Waals surface area contributed by atoms with Crippen molar-refractivity contribution in [3.8, 4) is 0 Å². The van der Waals surface area contributed by atoms with Crippen molar-refractivity contribution in [3.63, 3.8) is 0 Å². The molecule has 2 aliphatic rings. The maximum absolute atomic E-state index is 12.4. The Labute approximate surface area is 313 Å². The summed E-state index contributed by atoms with van der Waals surface area (Å²) in [6.45, 7) is 0.000410. The van der Waals surface area contributed by atoms with E-state index in [1.807, 2.05) is 0 Å². The Morgan fingerprint density at radius 1 is 0.608 bits per heavy atom. The Hall–Kier alpha value is -4.30. The zero-order valence-electron chi connectivity index (χ0n) is 26.0. The number of aliphatic hydroxyl groups excluding tert-OH is 2. The van der Waals surface area contributed by atoms with Crippen LogP contribution in [0.3, 0.4) is 0 Å². The molecule has 2 saturated carbocycles. The fraction of sp³-hybridized carbons (Fsp3) is 0.257. The smallest absolute Gasteiger partial charge is 0.258 e. The van der Waals surface area contributed by atoms with Crippen molar-refractivity contribution in [2.45, 2.75) is 20.3 Å². The molecular weight excluding hydrogens is 742 g/mol. The van der Waals surface area contributed by atoms with Crippen molar-refractivity contribution >= 4 is 93.0 Å². The van der Waals surface area contributed by atoms with Crippen molar-refractivity contribution in [2.24, 2.45) is 23.7 Å². The van der Waals surface area contributed by atoms with Gasteiger partial charge < -0.3 is 31.5 Å². The lowest BCUT2D eigenvalue weighted by molar-refractivity contribution is -0.118. The number of anilines is 4. The van der Waals surface area contributed by atoms with Gasteiger partial charge in [-0.05, 0) is 61.1 Å². The monoisotopic (exact) mass is 774 g/mol. The number of halogens is 4. The van der Waals surface area contributed by atoms with E-state index in [1.165, 1.54) is 24.5 Å². The topological polar surface area (TPSA) is 183 Å². The molecule has 51 heavy (non-hydrogen) atoms. The predicted octanol–water partition coefficient (Wildman–Crippen LogP) is 7.05. The minimum Gasteiger partial charge on any atom is -0.396 e. The third kappa shape index (κ3) is 10.4. The molecule has 0 unspecified atom stereocenters. The van der Waals surface area contributed by atoms with Crippen LogP contribution in [0, 0.1) is 23.7 Å². The van der Waals surface area contributed by atoms with Crippen LogP contribution in [0.4, 0.5) is 23.0 Å². The quantitative estimate of drug-likeness (QED) is 0.0991. The van der Waals surface area contributed by atoms with Gasteiger partial charge in [0.25, 0.3) is 11.8 Å². The molecule has 16 heteroatoms. The van der Waals surface area contributed by atoms with Gasteiger partial charge in [-0.15, -0.1) is 0 Å². The molecule has 2 fully saturated rings. The Balaban J connectivity index is 0.000000224. The van der Waals surface area contributed by atoms with E-state index in [2.05, 4.69) is 31.2 Å².